The van der Waals surface area contributed by atoms with Crippen LogP contribution in [0, 0.1) is 0 Å². The van der Waals surface area contributed by atoms with Crippen LogP contribution < -0.4 is 16.8 Å². The van der Waals surface area contributed by atoms with Crippen LogP contribution in [0.2, 0.25) is 0 Å². The number of fused-ring (bicyclic) bond motifs is 1. The molecule has 0 fully saturated rings. The van der Waals surface area contributed by atoms with Crippen LogP contribution in [0.15, 0.2) is 16.6 Å². The Bertz CT molecular complexity index is 790. The average molecular weight is 438 g/mol. The molecule has 0 aromatic carbocycles. The summed E-state index contributed by atoms with van der Waals surface area (Å²) in [5, 5.41) is 12.1. The molecule has 0 unspecified atom stereocenters. The molecule has 166 valence electrons. The van der Waals surface area contributed by atoms with E-state index in [1.165, 1.54) is 9.94 Å². The Morgan fingerprint density at radius 2 is 2.17 bits per heavy atom. The van der Waals surface area contributed by atoms with Crippen LogP contribution in [0.5, 0.6) is 0 Å². The number of amides is 2. The van der Waals surface area contributed by atoms with Crippen molar-refractivity contribution in [3.8, 4) is 0 Å². The topological polar surface area (TPSA) is 143 Å². The van der Waals surface area contributed by atoms with Crippen molar-refractivity contribution < 1.29 is 19.5 Å². The maximum absolute atomic E-state index is 13.1. The number of carbonyl (C=O) groups excluding carboxylic acids is 1. The summed E-state index contributed by atoms with van der Waals surface area (Å²) in [5.74, 6) is 0.0981. The van der Waals surface area contributed by atoms with Gasteiger partial charge in [0.15, 0.2) is 0 Å². The number of aryl methyl sites for hydroxylation is 1. The molecule has 10 heteroatoms. The molecule has 0 aliphatic carbocycles. The average Bonchev–Trinajstić information content (AvgIpc) is 2.99. The number of carboxylic acid groups (broad SMARTS) is 1. The molecular weight excluding hydrogens is 406 g/mol. The van der Waals surface area contributed by atoms with Crippen molar-refractivity contribution >= 4 is 40.9 Å². The van der Waals surface area contributed by atoms with E-state index in [4.69, 9.17) is 21.4 Å². The van der Waals surface area contributed by atoms with E-state index < -0.39 is 6.09 Å². The molecule has 1 aliphatic heterocycles. The van der Waals surface area contributed by atoms with Gasteiger partial charge in [-0.2, -0.15) is 0 Å². The first-order valence-electron chi connectivity index (χ1n) is 10.2. The summed E-state index contributed by atoms with van der Waals surface area (Å²) >= 11 is 1.62. The smallest absolute Gasteiger partial charge is 0.404 e. The lowest BCUT2D eigenvalue weighted by molar-refractivity contribution is -0.181. The largest absolute Gasteiger partial charge is 0.465 e. The van der Waals surface area contributed by atoms with Crippen molar-refractivity contribution in [3.05, 3.63) is 21.4 Å². The zero-order chi connectivity index (χ0) is 21.9. The van der Waals surface area contributed by atoms with Gasteiger partial charge in [0.05, 0.1) is 17.2 Å². The molecule has 9 nitrogen and oxygen atoms in total. The van der Waals surface area contributed by atoms with Crippen molar-refractivity contribution in [2.45, 2.75) is 45.4 Å². The van der Waals surface area contributed by atoms with Crippen LogP contribution in [0.4, 0.5) is 10.5 Å². The first-order valence-corrected chi connectivity index (χ1v) is 11.0. The molecular formula is C20H31N5O4S. The van der Waals surface area contributed by atoms with Crippen molar-refractivity contribution in [1.82, 2.24) is 10.4 Å². The molecule has 0 saturated heterocycles. The molecule has 1 aliphatic rings. The van der Waals surface area contributed by atoms with Crippen molar-refractivity contribution in [1.29, 1.82) is 0 Å². The second-order valence-corrected chi connectivity index (χ2v) is 8.15. The molecule has 6 N–H and O–H groups in total. The van der Waals surface area contributed by atoms with Crippen LogP contribution in [0.25, 0.3) is 6.08 Å². The molecule has 30 heavy (non-hydrogen) atoms. The minimum Gasteiger partial charge on any atom is -0.465 e. The number of carbonyl (C=O) groups is 2. The summed E-state index contributed by atoms with van der Waals surface area (Å²) in [6.07, 6.45) is 5.77. The van der Waals surface area contributed by atoms with Gasteiger partial charge in [0, 0.05) is 30.0 Å². The number of hydrogen-bond donors (Lipinski definition) is 4. The normalized spacial score (nSPS) is 13.1. The van der Waals surface area contributed by atoms with Crippen molar-refractivity contribution in [2.75, 3.05) is 26.2 Å². The molecule has 0 atom stereocenters. The van der Waals surface area contributed by atoms with Gasteiger partial charge in [-0.15, -0.1) is 11.3 Å². The maximum atomic E-state index is 13.1. The number of amidine groups is 1. The number of aliphatic imine (C=N–C) groups is 1. The molecule has 0 saturated carbocycles. The van der Waals surface area contributed by atoms with E-state index in [1.54, 1.807) is 11.3 Å². The maximum Gasteiger partial charge on any atom is 0.404 e. The Hall–Kier alpha value is -2.43. The summed E-state index contributed by atoms with van der Waals surface area (Å²) in [5.41, 5.74) is 12.9. The third-order valence-corrected chi connectivity index (χ3v) is 5.54. The highest BCUT2D eigenvalue weighted by Crippen LogP contribution is 2.35. The number of hydrogen-bond acceptors (Lipinski definition) is 7. The Morgan fingerprint density at radius 1 is 1.37 bits per heavy atom. The summed E-state index contributed by atoms with van der Waals surface area (Å²) in [6.45, 7) is 3.19. The fraction of sp³-hybridized carbons (Fsp3) is 0.550. The summed E-state index contributed by atoms with van der Waals surface area (Å²) in [7, 11) is 0. The third kappa shape index (κ3) is 7.43. The molecule has 2 rings (SSSR count). The van der Waals surface area contributed by atoms with Crippen LogP contribution in [0.1, 0.15) is 48.8 Å². The number of nitrogens with one attached hydrogen (secondary N) is 1. The predicted octanol–water partition coefficient (Wildman–Crippen LogP) is 2.63. The number of thiophene rings is 1. The van der Waals surface area contributed by atoms with Gasteiger partial charge < -0.3 is 21.9 Å². The fourth-order valence-corrected chi connectivity index (χ4v) is 4.13. The Kier molecular flexibility index (Phi) is 9.78. The van der Waals surface area contributed by atoms with Gasteiger partial charge in [0.25, 0.3) is 5.91 Å². The second kappa shape index (κ2) is 12.3. The van der Waals surface area contributed by atoms with E-state index in [-0.39, 0.29) is 25.5 Å². The van der Waals surface area contributed by atoms with E-state index in [1.807, 2.05) is 19.1 Å². The van der Waals surface area contributed by atoms with E-state index in [0.717, 1.165) is 36.2 Å². The number of nitrogens with zero attached hydrogens (tertiary/aromatic N) is 2. The highest BCUT2D eigenvalue weighted by atomic mass is 32.1. The molecule has 1 aromatic rings. The third-order valence-electron chi connectivity index (χ3n) is 4.41. The molecule has 0 radical (unpaired) electrons. The highest BCUT2D eigenvalue weighted by Gasteiger charge is 2.23. The molecule has 2 amide bonds. The van der Waals surface area contributed by atoms with E-state index >= 15 is 0 Å². The fourth-order valence-electron chi connectivity index (χ4n) is 3.02. The first kappa shape index (κ1) is 23.8. The van der Waals surface area contributed by atoms with Crippen LogP contribution in [0.3, 0.4) is 0 Å². The van der Waals surface area contributed by atoms with Gasteiger partial charge in [0.2, 0.25) is 0 Å². The van der Waals surface area contributed by atoms with Gasteiger partial charge in [0.1, 0.15) is 5.84 Å². The highest BCUT2D eigenvalue weighted by molar-refractivity contribution is 7.13. The molecule has 0 bridgehead atoms. The van der Waals surface area contributed by atoms with E-state index in [2.05, 4.69) is 10.3 Å². The van der Waals surface area contributed by atoms with Crippen molar-refractivity contribution in [3.63, 3.8) is 0 Å². The summed E-state index contributed by atoms with van der Waals surface area (Å²) in [6, 6.07) is 2.04. The lowest BCUT2D eigenvalue weighted by Gasteiger charge is -2.22. The Labute approximate surface area is 180 Å². The molecule has 1 aromatic heterocycles. The second-order valence-electron chi connectivity index (χ2n) is 6.98. The van der Waals surface area contributed by atoms with E-state index in [9.17, 15) is 9.59 Å². The minimum absolute atomic E-state index is 0.0616. The zero-order valence-corrected chi connectivity index (χ0v) is 18.2. The van der Waals surface area contributed by atoms with Gasteiger partial charge in [-0.3, -0.25) is 9.63 Å². The van der Waals surface area contributed by atoms with Crippen molar-refractivity contribution in [2.24, 2.45) is 16.5 Å². The first-order chi connectivity index (χ1) is 14.4. The minimum atomic E-state index is -1.13. The zero-order valence-electron chi connectivity index (χ0n) is 17.4. The van der Waals surface area contributed by atoms with Gasteiger partial charge >= 0.3 is 6.09 Å². The lowest BCUT2D eigenvalue weighted by atomic mass is 10.1. The van der Waals surface area contributed by atoms with Crippen LogP contribution in [-0.4, -0.2) is 54.2 Å². The Morgan fingerprint density at radius 3 is 2.87 bits per heavy atom. The van der Waals surface area contributed by atoms with Crippen LogP contribution in [-0.2, 0) is 16.1 Å². The quantitative estimate of drug-likeness (QED) is 0.292. The Balaban J connectivity index is 2.10. The van der Waals surface area contributed by atoms with E-state index in [0.29, 0.717) is 30.9 Å². The molecule has 2 heterocycles. The monoisotopic (exact) mass is 437 g/mol. The van der Waals surface area contributed by atoms with Crippen LogP contribution >= 0.6 is 11.3 Å². The number of rotatable bonds is 12. The number of hydroxylamine groups is 2. The summed E-state index contributed by atoms with van der Waals surface area (Å²) in [4.78, 5) is 35.7. The van der Waals surface area contributed by atoms with Gasteiger partial charge in [-0.25, -0.2) is 14.9 Å². The predicted molar refractivity (Wildman–Crippen MR) is 119 cm³/mol. The van der Waals surface area contributed by atoms with Gasteiger partial charge in [-0.1, -0.05) is 13.3 Å². The number of nitrogens with two attached hydrogens (primary N) is 2. The number of unbranched alkanes of at least 4 members (excludes halogenated alkanes) is 2. The SMILES string of the molecule is CCCN(OCCNC(=O)O)C(=O)C1=Cc2sc(CCCCCN)cc2N=C(N)C1. The van der Waals surface area contributed by atoms with Gasteiger partial charge in [-0.05, 0) is 44.4 Å². The standard InChI is InChI=1S/C20H31N5O4S/c1-2-9-25(29-10-8-23-20(27)28)19(26)14-11-17-16(24-18(22)12-14)13-15(30-17)6-4-3-5-7-21/h11,13,23H,2-10,12,21H2,1H3,(H2,22,24)(H,27,28). The molecule has 0 spiro atoms. The summed E-state index contributed by atoms with van der Waals surface area (Å²) < 4.78 is 0. The lowest BCUT2D eigenvalue weighted by Crippen LogP contribution is -2.36.